The molecule has 28 heavy (non-hydrogen) atoms. The summed E-state index contributed by atoms with van der Waals surface area (Å²) < 4.78 is 0. The SMILES string of the molecule is CC(=O)N1CCC(CC(=O)Nc2nccs2)(N2Cc3ccccc3C2=O)CC1. The highest BCUT2D eigenvalue weighted by atomic mass is 32.1. The Morgan fingerprint density at radius 3 is 2.64 bits per heavy atom. The molecular formula is C20H22N4O3S. The maximum Gasteiger partial charge on any atom is 0.254 e. The van der Waals surface area contributed by atoms with E-state index in [1.165, 1.54) is 11.3 Å². The molecule has 2 aliphatic heterocycles. The molecule has 1 saturated heterocycles. The monoisotopic (exact) mass is 398 g/mol. The number of rotatable bonds is 4. The Morgan fingerprint density at radius 2 is 2.00 bits per heavy atom. The number of piperidine rings is 1. The zero-order valence-electron chi connectivity index (χ0n) is 15.7. The van der Waals surface area contributed by atoms with Gasteiger partial charge in [-0.05, 0) is 24.5 Å². The molecule has 0 atom stereocenters. The van der Waals surface area contributed by atoms with Gasteiger partial charge in [-0.25, -0.2) is 4.98 Å². The van der Waals surface area contributed by atoms with E-state index in [-0.39, 0.29) is 24.1 Å². The van der Waals surface area contributed by atoms with Gasteiger partial charge in [0.15, 0.2) is 5.13 Å². The molecule has 1 fully saturated rings. The molecule has 3 amide bonds. The van der Waals surface area contributed by atoms with Gasteiger partial charge in [0, 0.05) is 43.7 Å². The van der Waals surface area contributed by atoms with E-state index in [1.54, 1.807) is 23.4 Å². The van der Waals surface area contributed by atoms with E-state index in [9.17, 15) is 14.4 Å². The maximum atomic E-state index is 13.1. The second-order valence-corrected chi connectivity index (χ2v) is 8.24. The minimum Gasteiger partial charge on any atom is -0.343 e. The first-order valence-corrected chi connectivity index (χ1v) is 10.2. The number of hydrogen-bond acceptors (Lipinski definition) is 5. The molecule has 4 rings (SSSR count). The predicted molar refractivity (Wildman–Crippen MR) is 106 cm³/mol. The molecule has 7 nitrogen and oxygen atoms in total. The summed E-state index contributed by atoms with van der Waals surface area (Å²) >= 11 is 1.36. The zero-order valence-corrected chi connectivity index (χ0v) is 16.5. The van der Waals surface area contributed by atoms with Crippen molar-refractivity contribution in [2.24, 2.45) is 0 Å². The van der Waals surface area contributed by atoms with Crippen LogP contribution in [0.1, 0.15) is 42.1 Å². The molecule has 2 aromatic rings. The van der Waals surface area contributed by atoms with Crippen LogP contribution in [0.5, 0.6) is 0 Å². The van der Waals surface area contributed by atoms with E-state index in [0.717, 1.165) is 5.56 Å². The molecule has 8 heteroatoms. The smallest absolute Gasteiger partial charge is 0.254 e. The molecular weight excluding hydrogens is 376 g/mol. The Bertz CT molecular complexity index is 904. The number of nitrogens with zero attached hydrogens (tertiary/aromatic N) is 3. The van der Waals surface area contributed by atoms with Crippen molar-refractivity contribution in [2.75, 3.05) is 18.4 Å². The zero-order chi connectivity index (χ0) is 19.7. The van der Waals surface area contributed by atoms with Gasteiger partial charge in [-0.15, -0.1) is 11.3 Å². The van der Waals surface area contributed by atoms with Crippen molar-refractivity contribution in [3.8, 4) is 0 Å². The lowest BCUT2D eigenvalue weighted by atomic mass is 9.82. The molecule has 2 aliphatic rings. The van der Waals surface area contributed by atoms with Crippen molar-refractivity contribution in [1.29, 1.82) is 0 Å². The Hall–Kier alpha value is -2.74. The van der Waals surface area contributed by atoms with Crippen LogP contribution in [0.3, 0.4) is 0 Å². The number of hydrogen-bond donors (Lipinski definition) is 1. The van der Waals surface area contributed by atoms with Gasteiger partial charge in [0.05, 0.1) is 12.0 Å². The third-order valence-corrected chi connectivity index (χ3v) is 6.39. The fraction of sp³-hybridized carbons (Fsp3) is 0.400. The number of fused-ring (bicyclic) bond motifs is 1. The summed E-state index contributed by atoms with van der Waals surface area (Å²) in [5, 5.41) is 5.19. The van der Waals surface area contributed by atoms with Crippen LogP contribution in [0, 0.1) is 0 Å². The number of amides is 3. The van der Waals surface area contributed by atoms with Crippen LogP contribution in [0.2, 0.25) is 0 Å². The van der Waals surface area contributed by atoms with Crippen LogP contribution in [-0.2, 0) is 16.1 Å². The third-order valence-electron chi connectivity index (χ3n) is 5.70. The van der Waals surface area contributed by atoms with Gasteiger partial charge in [-0.2, -0.15) is 0 Å². The summed E-state index contributed by atoms with van der Waals surface area (Å²) in [7, 11) is 0. The minimum absolute atomic E-state index is 0.0249. The summed E-state index contributed by atoms with van der Waals surface area (Å²) in [6.45, 7) is 3.14. The fourth-order valence-corrected chi connectivity index (χ4v) is 4.71. The van der Waals surface area contributed by atoms with E-state index in [2.05, 4.69) is 10.3 Å². The Morgan fingerprint density at radius 1 is 1.25 bits per heavy atom. The lowest BCUT2D eigenvalue weighted by molar-refractivity contribution is -0.131. The van der Waals surface area contributed by atoms with Crippen molar-refractivity contribution in [3.05, 3.63) is 47.0 Å². The number of thiazole rings is 1. The van der Waals surface area contributed by atoms with Gasteiger partial charge in [0.2, 0.25) is 11.8 Å². The first-order valence-electron chi connectivity index (χ1n) is 9.33. The number of carbonyl (C=O) groups is 3. The van der Waals surface area contributed by atoms with E-state index >= 15 is 0 Å². The molecule has 0 saturated carbocycles. The van der Waals surface area contributed by atoms with Crippen LogP contribution in [0.15, 0.2) is 35.8 Å². The molecule has 146 valence electrons. The van der Waals surface area contributed by atoms with E-state index in [1.807, 2.05) is 29.2 Å². The summed E-state index contributed by atoms with van der Waals surface area (Å²) in [4.78, 5) is 45.4. The van der Waals surface area contributed by atoms with Crippen molar-refractivity contribution in [1.82, 2.24) is 14.8 Å². The molecule has 1 N–H and O–H groups in total. The molecule has 0 aliphatic carbocycles. The highest BCUT2D eigenvalue weighted by Crippen LogP contribution is 2.38. The molecule has 1 aromatic heterocycles. The Kier molecular flexibility index (Phi) is 4.89. The molecule has 0 unspecified atom stereocenters. The van der Waals surface area contributed by atoms with Gasteiger partial charge in [-0.3, -0.25) is 14.4 Å². The van der Waals surface area contributed by atoms with E-state index in [4.69, 9.17) is 0 Å². The number of carbonyl (C=O) groups excluding carboxylic acids is 3. The van der Waals surface area contributed by atoms with E-state index in [0.29, 0.717) is 43.2 Å². The molecule has 0 radical (unpaired) electrons. The van der Waals surface area contributed by atoms with Gasteiger partial charge in [0.1, 0.15) is 0 Å². The van der Waals surface area contributed by atoms with Gasteiger partial charge in [0.25, 0.3) is 5.91 Å². The number of anilines is 1. The van der Waals surface area contributed by atoms with Crippen LogP contribution in [-0.4, -0.2) is 51.1 Å². The molecule has 0 bridgehead atoms. The lowest BCUT2D eigenvalue weighted by Crippen LogP contribution is -2.57. The lowest BCUT2D eigenvalue weighted by Gasteiger charge is -2.47. The largest absolute Gasteiger partial charge is 0.343 e. The summed E-state index contributed by atoms with van der Waals surface area (Å²) in [5.74, 6) is -0.166. The van der Waals surface area contributed by atoms with Crippen LogP contribution < -0.4 is 5.32 Å². The topological polar surface area (TPSA) is 82.6 Å². The standard InChI is InChI=1S/C20H22N4O3S/c1-14(25)23-9-6-20(7-10-23,12-17(26)22-19-21-8-11-28-19)24-13-15-4-2-3-5-16(15)18(24)27/h2-5,8,11H,6-7,9-10,12-13H2,1H3,(H,21,22,26). The average molecular weight is 398 g/mol. The van der Waals surface area contributed by atoms with Crippen molar-refractivity contribution in [2.45, 2.75) is 38.3 Å². The van der Waals surface area contributed by atoms with Gasteiger partial charge >= 0.3 is 0 Å². The van der Waals surface area contributed by atoms with E-state index < -0.39 is 5.54 Å². The number of likely N-dealkylation sites (tertiary alicyclic amines) is 1. The van der Waals surface area contributed by atoms with Gasteiger partial charge < -0.3 is 15.1 Å². The number of nitrogens with one attached hydrogen (secondary N) is 1. The highest BCUT2D eigenvalue weighted by Gasteiger charge is 2.47. The molecule has 0 spiro atoms. The normalized spacial score (nSPS) is 18.1. The predicted octanol–water partition coefficient (Wildman–Crippen LogP) is 2.51. The van der Waals surface area contributed by atoms with Crippen LogP contribution in [0.4, 0.5) is 5.13 Å². The highest BCUT2D eigenvalue weighted by molar-refractivity contribution is 7.13. The maximum absolute atomic E-state index is 13.1. The van der Waals surface area contributed by atoms with Crippen LogP contribution in [0.25, 0.3) is 0 Å². The average Bonchev–Trinajstić information content (AvgIpc) is 3.30. The number of aromatic nitrogens is 1. The van der Waals surface area contributed by atoms with Gasteiger partial charge in [-0.1, -0.05) is 18.2 Å². The fourth-order valence-electron chi connectivity index (χ4n) is 4.16. The summed E-state index contributed by atoms with van der Waals surface area (Å²) in [6.07, 6.45) is 3.00. The second kappa shape index (κ2) is 7.35. The second-order valence-electron chi connectivity index (χ2n) is 7.34. The quantitative estimate of drug-likeness (QED) is 0.858. The summed E-state index contributed by atoms with van der Waals surface area (Å²) in [5.41, 5.74) is 1.08. The number of benzene rings is 1. The first kappa shape index (κ1) is 18.6. The molecule has 1 aromatic carbocycles. The Labute approximate surface area is 167 Å². The minimum atomic E-state index is -0.608. The van der Waals surface area contributed by atoms with Crippen molar-refractivity contribution >= 4 is 34.2 Å². The summed E-state index contributed by atoms with van der Waals surface area (Å²) in [6, 6.07) is 7.59. The van der Waals surface area contributed by atoms with Crippen LogP contribution >= 0.6 is 11.3 Å². The van der Waals surface area contributed by atoms with Crippen molar-refractivity contribution in [3.63, 3.8) is 0 Å². The first-order chi connectivity index (χ1) is 13.5. The molecule has 3 heterocycles. The Balaban J connectivity index is 1.58. The third kappa shape index (κ3) is 3.40. The van der Waals surface area contributed by atoms with Crippen molar-refractivity contribution < 1.29 is 14.4 Å².